The SMILES string of the molecule is Fc1ccc(N2CCN(CC[C@@H]3CCOC3)CC2)c(F)c1. The van der Waals surface area contributed by atoms with Gasteiger partial charge in [-0.25, -0.2) is 8.78 Å². The van der Waals surface area contributed by atoms with Gasteiger partial charge in [0.15, 0.2) is 0 Å². The molecule has 5 heteroatoms. The molecular weight excluding hydrogens is 274 g/mol. The fraction of sp³-hybridized carbons (Fsp3) is 0.625. The Bertz CT molecular complexity index is 469. The molecule has 116 valence electrons. The van der Waals surface area contributed by atoms with Gasteiger partial charge in [-0.3, -0.25) is 4.90 Å². The lowest BCUT2D eigenvalue weighted by atomic mass is 10.0. The van der Waals surface area contributed by atoms with Gasteiger partial charge in [0.2, 0.25) is 0 Å². The van der Waals surface area contributed by atoms with E-state index < -0.39 is 11.6 Å². The highest BCUT2D eigenvalue weighted by molar-refractivity contribution is 5.48. The van der Waals surface area contributed by atoms with Gasteiger partial charge in [-0.2, -0.15) is 0 Å². The van der Waals surface area contributed by atoms with Crippen molar-refractivity contribution in [3.63, 3.8) is 0 Å². The molecular formula is C16H22F2N2O. The first-order valence-electron chi connectivity index (χ1n) is 7.72. The van der Waals surface area contributed by atoms with Gasteiger partial charge in [0.25, 0.3) is 0 Å². The first-order chi connectivity index (χ1) is 10.2. The van der Waals surface area contributed by atoms with E-state index in [0.29, 0.717) is 11.6 Å². The van der Waals surface area contributed by atoms with Gasteiger partial charge in [0.05, 0.1) is 5.69 Å². The van der Waals surface area contributed by atoms with Crippen LogP contribution in [0.4, 0.5) is 14.5 Å². The molecule has 2 saturated heterocycles. The van der Waals surface area contributed by atoms with Crippen LogP contribution in [0, 0.1) is 17.6 Å². The second-order valence-corrected chi connectivity index (χ2v) is 5.94. The van der Waals surface area contributed by atoms with Crippen LogP contribution in [0.2, 0.25) is 0 Å². The summed E-state index contributed by atoms with van der Waals surface area (Å²) >= 11 is 0. The van der Waals surface area contributed by atoms with Crippen molar-refractivity contribution in [1.29, 1.82) is 0 Å². The van der Waals surface area contributed by atoms with Crippen molar-refractivity contribution in [3.8, 4) is 0 Å². The molecule has 2 aliphatic heterocycles. The van der Waals surface area contributed by atoms with Gasteiger partial charge in [-0.1, -0.05) is 0 Å². The number of hydrogen-bond donors (Lipinski definition) is 0. The summed E-state index contributed by atoms with van der Waals surface area (Å²) in [6.45, 7) is 6.36. The zero-order valence-corrected chi connectivity index (χ0v) is 12.2. The molecule has 0 saturated carbocycles. The third-order valence-corrected chi connectivity index (χ3v) is 4.50. The molecule has 3 rings (SSSR count). The van der Waals surface area contributed by atoms with E-state index in [-0.39, 0.29) is 0 Å². The predicted molar refractivity (Wildman–Crippen MR) is 78.6 cm³/mol. The monoisotopic (exact) mass is 296 g/mol. The molecule has 0 aliphatic carbocycles. The van der Waals surface area contributed by atoms with Gasteiger partial charge in [0.1, 0.15) is 11.6 Å². The molecule has 0 radical (unpaired) electrons. The van der Waals surface area contributed by atoms with Gasteiger partial charge in [-0.05, 0) is 37.4 Å². The first kappa shape index (κ1) is 14.7. The third-order valence-electron chi connectivity index (χ3n) is 4.50. The van der Waals surface area contributed by atoms with E-state index in [1.165, 1.54) is 25.0 Å². The van der Waals surface area contributed by atoms with Crippen LogP contribution in [0.3, 0.4) is 0 Å². The van der Waals surface area contributed by atoms with E-state index in [0.717, 1.165) is 52.0 Å². The number of rotatable bonds is 4. The Labute approximate surface area is 124 Å². The van der Waals surface area contributed by atoms with Crippen molar-refractivity contribution >= 4 is 5.69 Å². The third kappa shape index (κ3) is 3.71. The summed E-state index contributed by atoms with van der Waals surface area (Å²) in [5, 5.41) is 0. The number of halogens is 2. The molecule has 1 aromatic carbocycles. The van der Waals surface area contributed by atoms with Crippen LogP contribution in [0.5, 0.6) is 0 Å². The number of piperazine rings is 1. The molecule has 0 unspecified atom stereocenters. The number of ether oxygens (including phenoxy) is 1. The highest BCUT2D eigenvalue weighted by atomic mass is 19.1. The summed E-state index contributed by atoms with van der Waals surface area (Å²) in [6, 6.07) is 3.82. The second-order valence-electron chi connectivity index (χ2n) is 5.94. The van der Waals surface area contributed by atoms with E-state index in [9.17, 15) is 8.78 Å². The van der Waals surface area contributed by atoms with E-state index in [2.05, 4.69) is 4.90 Å². The first-order valence-corrected chi connectivity index (χ1v) is 7.72. The van der Waals surface area contributed by atoms with Gasteiger partial charge >= 0.3 is 0 Å². The maximum absolute atomic E-state index is 13.8. The van der Waals surface area contributed by atoms with E-state index in [1.807, 2.05) is 4.90 Å². The van der Waals surface area contributed by atoms with E-state index >= 15 is 0 Å². The maximum atomic E-state index is 13.8. The number of benzene rings is 1. The smallest absolute Gasteiger partial charge is 0.149 e. The van der Waals surface area contributed by atoms with Crippen LogP contribution in [-0.4, -0.2) is 50.8 Å². The standard InChI is InChI=1S/C16H22F2N2O/c17-14-1-2-16(15(18)11-14)20-8-6-19(7-9-20)5-3-13-4-10-21-12-13/h1-2,11,13H,3-10,12H2/t13-/m1/s1. The lowest BCUT2D eigenvalue weighted by Crippen LogP contribution is -2.47. The van der Waals surface area contributed by atoms with Crippen molar-refractivity contribution in [1.82, 2.24) is 4.90 Å². The van der Waals surface area contributed by atoms with Crippen molar-refractivity contribution in [2.75, 3.05) is 50.8 Å². The predicted octanol–water partition coefficient (Wildman–Crippen LogP) is 2.51. The van der Waals surface area contributed by atoms with E-state index in [4.69, 9.17) is 4.74 Å². The maximum Gasteiger partial charge on any atom is 0.149 e. The Morgan fingerprint density at radius 1 is 1.14 bits per heavy atom. The minimum absolute atomic E-state index is 0.466. The highest BCUT2D eigenvalue weighted by Gasteiger charge is 2.21. The summed E-state index contributed by atoms with van der Waals surface area (Å²) in [7, 11) is 0. The minimum atomic E-state index is -0.520. The number of nitrogens with zero attached hydrogens (tertiary/aromatic N) is 2. The number of anilines is 1. The minimum Gasteiger partial charge on any atom is -0.381 e. The molecule has 0 N–H and O–H groups in total. The van der Waals surface area contributed by atoms with Gasteiger partial charge in [0, 0.05) is 45.5 Å². The summed E-state index contributed by atoms with van der Waals surface area (Å²) < 4.78 is 32.1. The molecule has 2 heterocycles. The fourth-order valence-corrected chi connectivity index (χ4v) is 3.13. The zero-order chi connectivity index (χ0) is 14.7. The second kappa shape index (κ2) is 6.71. The molecule has 0 amide bonds. The average molecular weight is 296 g/mol. The average Bonchev–Trinajstić information content (AvgIpc) is 2.99. The van der Waals surface area contributed by atoms with Gasteiger partial charge < -0.3 is 9.64 Å². The Morgan fingerprint density at radius 2 is 1.95 bits per heavy atom. The fourth-order valence-electron chi connectivity index (χ4n) is 3.13. The van der Waals surface area contributed by atoms with Crippen LogP contribution >= 0.6 is 0 Å². The van der Waals surface area contributed by atoms with Crippen LogP contribution in [0.1, 0.15) is 12.8 Å². The molecule has 21 heavy (non-hydrogen) atoms. The summed E-state index contributed by atoms with van der Waals surface area (Å²) in [6.07, 6.45) is 2.37. The Kier molecular flexibility index (Phi) is 4.70. The molecule has 1 aromatic rings. The van der Waals surface area contributed by atoms with Crippen molar-refractivity contribution in [2.45, 2.75) is 12.8 Å². The lowest BCUT2D eigenvalue weighted by molar-refractivity contribution is 0.176. The van der Waals surface area contributed by atoms with E-state index in [1.54, 1.807) is 0 Å². The Balaban J connectivity index is 1.48. The summed E-state index contributed by atoms with van der Waals surface area (Å²) in [5.74, 6) is -0.280. The molecule has 2 fully saturated rings. The van der Waals surface area contributed by atoms with Crippen LogP contribution < -0.4 is 4.90 Å². The van der Waals surface area contributed by atoms with Crippen LogP contribution in [0.15, 0.2) is 18.2 Å². The topological polar surface area (TPSA) is 15.7 Å². The molecule has 1 atom stereocenters. The summed E-state index contributed by atoms with van der Waals surface area (Å²) in [5.41, 5.74) is 0.514. The largest absolute Gasteiger partial charge is 0.381 e. The Hall–Kier alpha value is -1.20. The van der Waals surface area contributed by atoms with Crippen LogP contribution in [-0.2, 0) is 4.74 Å². The number of hydrogen-bond acceptors (Lipinski definition) is 3. The van der Waals surface area contributed by atoms with Crippen LogP contribution in [0.25, 0.3) is 0 Å². The molecule has 0 bridgehead atoms. The molecule has 0 spiro atoms. The van der Waals surface area contributed by atoms with Crippen molar-refractivity contribution in [2.24, 2.45) is 5.92 Å². The molecule has 2 aliphatic rings. The molecule has 3 nitrogen and oxygen atoms in total. The molecule has 0 aromatic heterocycles. The Morgan fingerprint density at radius 3 is 2.62 bits per heavy atom. The summed E-state index contributed by atoms with van der Waals surface area (Å²) in [4.78, 5) is 4.43. The quantitative estimate of drug-likeness (QED) is 0.849. The van der Waals surface area contributed by atoms with Crippen molar-refractivity contribution < 1.29 is 13.5 Å². The van der Waals surface area contributed by atoms with Gasteiger partial charge in [-0.15, -0.1) is 0 Å². The zero-order valence-electron chi connectivity index (χ0n) is 12.2. The lowest BCUT2D eigenvalue weighted by Gasteiger charge is -2.36. The van der Waals surface area contributed by atoms with Crippen molar-refractivity contribution in [3.05, 3.63) is 29.8 Å². The highest BCUT2D eigenvalue weighted by Crippen LogP contribution is 2.22. The normalized spacial score (nSPS) is 23.7.